The summed E-state index contributed by atoms with van der Waals surface area (Å²) in [6.45, 7) is 4.77. The van der Waals surface area contributed by atoms with E-state index < -0.39 is 0 Å². The zero-order valence-electron chi connectivity index (χ0n) is 14.5. The Bertz CT molecular complexity index is 742. The minimum atomic E-state index is -0.360. The molecule has 0 bridgehead atoms. The van der Waals surface area contributed by atoms with Gasteiger partial charge < -0.3 is 14.2 Å². The number of ether oxygens (including phenoxy) is 1. The second-order valence-corrected chi connectivity index (χ2v) is 6.49. The molecule has 1 amide bonds. The summed E-state index contributed by atoms with van der Waals surface area (Å²) in [6, 6.07) is 8.69. The van der Waals surface area contributed by atoms with Crippen LogP contribution in [0.1, 0.15) is 30.8 Å². The molecule has 0 spiro atoms. The summed E-state index contributed by atoms with van der Waals surface area (Å²) < 4.78 is 9.92. The smallest absolute Gasteiger partial charge is 0.307 e. The van der Waals surface area contributed by atoms with Crippen molar-refractivity contribution in [2.75, 3.05) is 20.2 Å². The highest BCUT2D eigenvalue weighted by atomic mass is 35.5. The van der Waals surface area contributed by atoms with Crippen LogP contribution >= 0.6 is 11.6 Å². The Kier molecular flexibility index (Phi) is 6.58. The summed E-state index contributed by atoms with van der Waals surface area (Å²) in [7, 11) is 1.33. The number of aromatic nitrogens is 1. The van der Waals surface area contributed by atoms with Crippen molar-refractivity contribution in [3.8, 4) is 11.3 Å². The number of amides is 1. The third-order valence-electron chi connectivity index (χ3n) is 3.52. The quantitative estimate of drug-likeness (QED) is 0.701. The first kappa shape index (κ1) is 19.0. The molecule has 1 aromatic carbocycles. The van der Waals surface area contributed by atoms with Crippen LogP contribution in [0.5, 0.6) is 0 Å². The zero-order chi connectivity index (χ0) is 18.4. The van der Waals surface area contributed by atoms with E-state index in [1.807, 2.05) is 19.9 Å². The summed E-state index contributed by atoms with van der Waals surface area (Å²) in [5, 5.41) is 4.44. The highest BCUT2D eigenvalue weighted by Gasteiger charge is 2.22. The average molecular weight is 365 g/mol. The second kappa shape index (κ2) is 8.67. The highest BCUT2D eigenvalue weighted by molar-refractivity contribution is 6.30. The molecular weight excluding hydrogens is 344 g/mol. The lowest BCUT2D eigenvalue weighted by molar-refractivity contribution is -0.140. The average Bonchev–Trinajstić information content (AvgIpc) is 3.07. The first-order valence-corrected chi connectivity index (χ1v) is 8.37. The van der Waals surface area contributed by atoms with Gasteiger partial charge in [0.25, 0.3) is 5.91 Å². The van der Waals surface area contributed by atoms with E-state index in [-0.39, 0.29) is 36.5 Å². The van der Waals surface area contributed by atoms with Crippen LogP contribution in [-0.4, -0.2) is 42.1 Å². The Morgan fingerprint density at radius 3 is 2.72 bits per heavy atom. The first-order valence-electron chi connectivity index (χ1n) is 7.99. The largest absolute Gasteiger partial charge is 0.469 e. The van der Waals surface area contributed by atoms with Gasteiger partial charge in [0.1, 0.15) is 0 Å². The fourth-order valence-corrected chi connectivity index (χ4v) is 2.55. The van der Waals surface area contributed by atoms with Crippen LogP contribution in [0.15, 0.2) is 34.9 Å². The number of carbonyl (C=O) groups excluding carboxylic acids is 2. The number of carbonyl (C=O) groups is 2. The summed E-state index contributed by atoms with van der Waals surface area (Å²) in [5.74, 6) is 0.0696. The third-order valence-corrected chi connectivity index (χ3v) is 3.76. The van der Waals surface area contributed by atoms with Crippen molar-refractivity contribution in [1.82, 2.24) is 10.1 Å². The molecule has 0 aliphatic carbocycles. The Hall–Kier alpha value is -2.34. The van der Waals surface area contributed by atoms with Gasteiger partial charge in [-0.2, -0.15) is 0 Å². The molecule has 0 N–H and O–H groups in total. The van der Waals surface area contributed by atoms with E-state index in [4.69, 9.17) is 16.1 Å². The predicted octanol–water partition coefficient (Wildman–Crippen LogP) is 3.66. The van der Waals surface area contributed by atoms with Crippen molar-refractivity contribution in [3.63, 3.8) is 0 Å². The fourth-order valence-electron chi connectivity index (χ4n) is 2.36. The van der Waals surface area contributed by atoms with Gasteiger partial charge in [0.15, 0.2) is 11.5 Å². The fraction of sp³-hybridized carbons (Fsp3) is 0.389. The van der Waals surface area contributed by atoms with Gasteiger partial charge in [-0.15, -0.1) is 0 Å². The van der Waals surface area contributed by atoms with Gasteiger partial charge in [0.05, 0.1) is 13.5 Å². The number of esters is 1. The van der Waals surface area contributed by atoms with Crippen LogP contribution in [0.4, 0.5) is 0 Å². The third kappa shape index (κ3) is 5.32. The molecule has 0 saturated carbocycles. The molecule has 0 unspecified atom stereocenters. The van der Waals surface area contributed by atoms with Gasteiger partial charge in [-0.25, -0.2) is 0 Å². The summed E-state index contributed by atoms with van der Waals surface area (Å²) in [6.07, 6.45) is 0.133. The maximum atomic E-state index is 12.7. The van der Waals surface area contributed by atoms with Gasteiger partial charge in [-0.1, -0.05) is 42.7 Å². The molecule has 6 nitrogen and oxygen atoms in total. The Morgan fingerprint density at radius 2 is 2.08 bits per heavy atom. The number of hydrogen-bond acceptors (Lipinski definition) is 5. The number of nitrogens with zero attached hydrogens (tertiary/aromatic N) is 2. The Labute approximate surface area is 151 Å². The van der Waals surface area contributed by atoms with Crippen molar-refractivity contribution >= 4 is 23.5 Å². The highest BCUT2D eigenvalue weighted by Crippen LogP contribution is 2.24. The SMILES string of the molecule is COC(=O)CCN(CC(C)C)C(=O)c1cc(-c2cccc(Cl)c2)on1. The Balaban J connectivity index is 2.16. The number of hydrogen-bond donors (Lipinski definition) is 0. The minimum absolute atomic E-state index is 0.133. The molecule has 134 valence electrons. The first-order chi connectivity index (χ1) is 11.9. The van der Waals surface area contributed by atoms with Crippen molar-refractivity contribution in [3.05, 3.63) is 41.0 Å². The molecule has 25 heavy (non-hydrogen) atoms. The Morgan fingerprint density at radius 1 is 1.32 bits per heavy atom. The van der Waals surface area contributed by atoms with Gasteiger partial charge in [0, 0.05) is 29.7 Å². The summed E-state index contributed by atoms with van der Waals surface area (Å²) in [5.41, 5.74) is 0.935. The molecule has 0 radical (unpaired) electrons. The van der Waals surface area contributed by atoms with Crippen LogP contribution in [0.3, 0.4) is 0 Å². The second-order valence-electron chi connectivity index (χ2n) is 6.06. The van der Waals surface area contributed by atoms with E-state index in [0.717, 1.165) is 5.56 Å². The summed E-state index contributed by atoms with van der Waals surface area (Å²) in [4.78, 5) is 25.7. The summed E-state index contributed by atoms with van der Waals surface area (Å²) >= 11 is 5.98. The van der Waals surface area contributed by atoms with Crippen molar-refractivity contribution in [2.45, 2.75) is 20.3 Å². The number of benzene rings is 1. The molecule has 0 fully saturated rings. The lowest BCUT2D eigenvalue weighted by Crippen LogP contribution is -2.36. The number of halogens is 1. The minimum Gasteiger partial charge on any atom is -0.469 e. The maximum absolute atomic E-state index is 12.7. The van der Waals surface area contributed by atoms with E-state index in [0.29, 0.717) is 17.3 Å². The van der Waals surface area contributed by atoms with Crippen molar-refractivity contribution in [1.29, 1.82) is 0 Å². The molecule has 0 aliphatic rings. The van der Waals surface area contributed by atoms with Gasteiger partial charge in [0.2, 0.25) is 0 Å². The standard InChI is InChI=1S/C18H21ClN2O4/c1-12(2)11-21(8-7-17(22)24-3)18(23)15-10-16(25-20-15)13-5-4-6-14(19)9-13/h4-6,9-10,12H,7-8,11H2,1-3H3. The van der Waals surface area contributed by atoms with E-state index in [9.17, 15) is 9.59 Å². The normalized spacial score (nSPS) is 10.8. The van der Waals surface area contributed by atoms with Crippen LogP contribution < -0.4 is 0 Å². The molecule has 0 aliphatic heterocycles. The monoisotopic (exact) mass is 364 g/mol. The van der Waals surface area contributed by atoms with E-state index >= 15 is 0 Å². The number of methoxy groups -OCH3 is 1. The van der Waals surface area contributed by atoms with Crippen molar-refractivity contribution < 1.29 is 18.8 Å². The number of rotatable bonds is 7. The van der Waals surface area contributed by atoms with Gasteiger partial charge in [-0.05, 0) is 18.1 Å². The zero-order valence-corrected chi connectivity index (χ0v) is 15.2. The molecule has 2 aromatic rings. The van der Waals surface area contributed by atoms with E-state index in [1.54, 1.807) is 29.2 Å². The van der Waals surface area contributed by atoms with Crippen LogP contribution in [0, 0.1) is 5.92 Å². The van der Waals surface area contributed by atoms with Gasteiger partial charge >= 0.3 is 5.97 Å². The van der Waals surface area contributed by atoms with Crippen molar-refractivity contribution in [2.24, 2.45) is 5.92 Å². The molecule has 7 heteroatoms. The predicted molar refractivity (Wildman–Crippen MR) is 94.3 cm³/mol. The molecule has 1 heterocycles. The topological polar surface area (TPSA) is 72.6 Å². The van der Waals surface area contributed by atoms with Gasteiger partial charge in [-0.3, -0.25) is 9.59 Å². The molecular formula is C18H21ClN2O4. The van der Waals surface area contributed by atoms with E-state index in [1.165, 1.54) is 7.11 Å². The molecule has 0 atom stereocenters. The lowest BCUT2D eigenvalue weighted by Gasteiger charge is -2.23. The van der Waals surface area contributed by atoms with Crippen LogP contribution in [0.2, 0.25) is 5.02 Å². The molecule has 1 aromatic heterocycles. The maximum Gasteiger partial charge on any atom is 0.307 e. The van der Waals surface area contributed by atoms with Crippen LogP contribution in [0.25, 0.3) is 11.3 Å². The van der Waals surface area contributed by atoms with E-state index in [2.05, 4.69) is 9.89 Å². The van der Waals surface area contributed by atoms with Crippen LogP contribution in [-0.2, 0) is 9.53 Å². The molecule has 0 saturated heterocycles. The molecule has 2 rings (SSSR count). The lowest BCUT2D eigenvalue weighted by atomic mass is 10.1.